The van der Waals surface area contributed by atoms with Crippen LogP contribution in [0.3, 0.4) is 0 Å². The third kappa shape index (κ3) is 8.58. The third-order valence-corrected chi connectivity index (χ3v) is 5.48. The van der Waals surface area contributed by atoms with Crippen molar-refractivity contribution in [3.8, 4) is 11.5 Å². The van der Waals surface area contributed by atoms with E-state index >= 15 is 0 Å². The number of benzene rings is 2. The molecule has 0 N–H and O–H groups in total. The van der Waals surface area contributed by atoms with Crippen LogP contribution in [-0.4, -0.2) is 19.2 Å². The second-order valence-corrected chi connectivity index (χ2v) is 8.51. The summed E-state index contributed by atoms with van der Waals surface area (Å²) < 4.78 is 95.3. The van der Waals surface area contributed by atoms with Gasteiger partial charge in [0.25, 0.3) is 0 Å². The first kappa shape index (κ1) is 28.1. The predicted molar refractivity (Wildman–Crippen MR) is 124 cm³/mol. The smallest absolute Gasteiger partial charge is 0.416 e. The van der Waals surface area contributed by atoms with Gasteiger partial charge in [-0.25, -0.2) is 4.79 Å². The molecule has 0 atom stereocenters. The van der Waals surface area contributed by atoms with E-state index in [4.69, 9.17) is 14.2 Å². The van der Waals surface area contributed by atoms with Gasteiger partial charge >= 0.3 is 18.3 Å². The van der Waals surface area contributed by atoms with Crippen LogP contribution in [0.15, 0.2) is 60.7 Å². The minimum atomic E-state index is -5.00. The van der Waals surface area contributed by atoms with Crippen LogP contribution in [-0.2, 0) is 23.7 Å². The lowest BCUT2D eigenvalue weighted by atomic mass is 10.1. The Morgan fingerprint density at radius 3 is 2.24 bits per heavy atom. The van der Waals surface area contributed by atoms with Crippen molar-refractivity contribution in [1.29, 1.82) is 0 Å². The predicted octanol–water partition coefficient (Wildman–Crippen LogP) is 7.92. The number of rotatable bonds is 3. The molecule has 2 aliphatic rings. The van der Waals surface area contributed by atoms with Crippen molar-refractivity contribution in [1.82, 2.24) is 0 Å². The zero-order valence-corrected chi connectivity index (χ0v) is 19.9. The van der Waals surface area contributed by atoms with Crippen LogP contribution < -0.4 is 9.47 Å². The molecule has 4 rings (SSSR count). The van der Waals surface area contributed by atoms with Gasteiger partial charge in [0.15, 0.2) is 0 Å². The largest absolute Gasteiger partial charge is 0.494 e. The van der Waals surface area contributed by atoms with E-state index in [2.05, 4.69) is 6.58 Å². The molecule has 2 aromatic rings. The number of allylic oxidation sites excluding steroid dienone is 3. The molecule has 2 heterocycles. The highest BCUT2D eigenvalue weighted by atomic mass is 19.4. The normalized spacial score (nSPS) is 16.5. The molecule has 4 nitrogen and oxygen atoms in total. The van der Waals surface area contributed by atoms with Crippen LogP contribution in [0, 0.1) is 0 Å². The average molecular weight is 528 g/mol. The molecule has 2 aliphatic heterocycles. The molecular weight excluding hydrogens is 502 g/mol. The standard InChI is InChI=1S/C27H26F6O4/c1-18-7-4-2-3-5-11-36-24-10-9-22(35-12-6-8-18)16-23(24)25(34)37-17-19-13-20(26(28,29)30)15-21(14-19)27(31,32)33/h4,7,9-10,13-16H,1-3,5-6,8,11-12,17H2/b7-4+. The Bertz CT molecular complexity index is 1100. The number of hydrogen-bond donors (Lipinski definition) is 0. The fraction of sp³-hybridized carbons (Fsp3) is 0.370. The molecule has 0 fully saturated rings. The molecule has 10 heteroatoms. The molecule has 37 heavy (non-hydrogen) atoms. The maximum atomic E-state index is 13.1. The van der Waals surface area contributed by atoms with Crippen molar-refractivity contribution in [3.63, 3.8) is 0 Å². The number of alkyl halides is 6. The lowest BCUT2D eigenvalue weighted by Gasteiger charge is -2.16. The van der Waals surface area contributed by atoms with Gasteiger partial charge in [0.05, 0.1) is 24.3 Å². The molecule has 0 unspecified atom stereocenters. The highest BCUT2D eigenvalue weighted by Gasteiger charge is 2.37. The van der Waals surface area contributed by atoms with E-state index in [0.29, 0.717) is 37.3 Å². The van der Waals surface area contributed by atoms with E-state index in [0.717, 1.165) is 24.8 Å². The summed E-state index contributed by atoms with van der Waals surface area (Å²) in [6.07, 6.45) is -2.24. The minimum absolute atomic E-state index is 0.0161. The fourth-order valence-corrected chi connectivity index (χ4v) is 3.58. The zero-order chi connectivity index (χ0) is 27.1. The summed E-state index contributed by atoms with van der Waals surface area (Å²) in [5.74, 6) is -0.455. The molecule has 2 aromatic carbocycles. The lowest BCUT2D eigenvalue weighted by molar-refractivity contribution is -0.143. The first-order chi connectivity index (χ1) is 17.4. The van der Waals surface area contributed by atoms with Crippen LogP contribution >= 0.6 is 0 Å². The van der Waals surface area contributed by atoms with Gasteiger partial charge in [-0.05, 0) is 74.1 Å². The average Bonchev–Trinajstić information content (AvgIpc) is 2.83. The van der Waals surface area contributed by atoms with Crippen LogP contribution in [0.2, 0.25) is 0 Å². The molecule has 2 bridgehead atoms. The van der Waals surface area contributed by atoms with Crippen molar-refractivity contribution in [2.24, 2.45) is 0 Å². The molecule has 0 amide bonds. The van der Waals surface area contributed by atoms with Crippen LogP contribution in [0.25, 0.3) is 0 Å². The fourth-order valence-electron chi connectivity index (χ4n) is 3.58. The van der Waals surface area contributed by atoms with Gasteiger partial charge in [0.1, 0.15) is 23.7 Å². The number of ether oxygens (including phenoxy) is 3. The number of esters is 1. The van der Waals surface area contributed by atoms with Gasteiger partial charge in [-0.2, -0.15) is 26.3 Å². The number of hydrogen-bond acceptors (Lipinski definition) is 4. The van der Waals surface area contributed by atoms with Gasteiger partial charge in [0.2, 0.25) is 0 Å². The van der Waals surface area contributed by atoms with Crippen LogP contribution in [0.5, 0.6) is 11.5 Å². The topological polar surface area (TPSA) is 44.8 Å². The molecule has 0 aromatic heterocycles. The summed E-state index contributed by atoms with van der Waals surface area (Å²) in [6, 6.07) is 5.56. The van der Waals surface area contributed by atoms with Crippen molar-refractivity contribution < 1.29 is 45.3 Å². The lowest BCUT2D eigenvalue weighted by Crippen LogP contribution is -2.13. The molecule has 0 saturated carbocycles. The summed E-state index contributed by atoms with van der Waals surface area (Å²) in [5, 5.41) is 0. The van der Waals surface area contributed by atoms with Gasteiger partial charge in [-0.15, -0.1) is 0 Å². The Morgan fingerprint density at radius 2 is 1.57 bits per heavy atom. The summed E-state index contributed by atoms with van der Waals surface area (Å²) in [6.45, 7) is 3.82. The Balaban J connectivity index is 1.80. The zero-order valence-electron chi connectivity index (χ0n) is 19.9. The summed E-state index contributed by atoms with van der Waals surface area (Å²) in [7, 11) is 0. The Labute approximate surface area is 210 Å². The van der Waals surface area contributed by atoms with Gasteiger partial charge < -0.3 is 14.2 Å². The monoisotopic (exact) mass is 528 g/mol. The van der Waals surface area contributed by atoms with Crippen molar-refractivity contribution >= 4 is 5.97 Å². The first-order valence-corrected chi connectivity index (χ1v) is 11.6. The van der Waals surface area contributed by atoms with Gasteiger partial charge in [0, 0.05) is 0 Å². The molecule has 0 spiro atoms. The van der Waals surface area contributed by atoms with E-state index in [-0.39, 0.29) is 24.0 Å². The van der Waals surface area contributed by atoms with E-state index in [1.807, 2.05) is 12.2 Å². The third-order valence-electron chi connectivity index (χ3n) is 5.48. The summed E-state index contributed by atoms with van der Waals surface area (Å²) in [5.41, 5.74) is -2.50. The van der Waals surface area contributed by atoms with Crippen molar-refractivity contribution in [2.45, 2.75) is 51.1 Å². The maximum absolute atomic E-state index is 13.1. The number of halogens is 6. The Morgan fingerprint density at radius 1 is 0.892 bits per heavy atom. The second-order valence-electron chi connectivity index (χ2n) is 8.51. The molecule has 0 aliphatic carbocycles. The summed E-state index contributed by atoms with van der Waals surface area (Å²) in [4.78, 5) is 12.8. The number of carbonyl (C=O) groups is 1. The van der Waals surface area contributed by atoms with Gasteiger partial charge in [-0.3, -0.25) is 0 Å². The highest BCUT2D eigenvalue weighted by molar-refractivity contribution is 5.93. The van der Waals surface area contributed by atoms with Crippen molar-refractivity contribution in [2.75, 3.05) is 13.2 Å². The SMILES string of the molecule is C=C1/C=C/CCCCOc2ccc(cc2C(=O)OCc2cc(C(F)(F)F)cc(C(F)(F)F)c2)OCCC1. The number of carbonyl (C=O) groups excluding carboxylic acids is 1. The highest BCUT2D eigenvalue weighted by Crippen LogP contribution is 2.36. The van der Waals surface area contributed by atoms with E-state index in [9.17, 15) is 31.1 Å². The second kappa shape index (κ2) is 12.2. The van der Waals surface area contributed by atoms with Crippen LogP contribution in [0.1, 0.15) is 59.2 Å². The van der Waals surface area contributed by atoms with E-state index < -0.39 is 41.6 Å². The molecular formula is C27H26F6O4. The van der Waals surface area contributed by atoms with E-state index in [1.165, 1.54) is 12.1 Å². The number of fused-ring (bicyclic) bond motifs is 12. The summed E-state index contributed by atoms with van der Waals surface area (Å²) >= 11 is 0. The molecule has 0 saturated heterocycles. The van der Waals surface area contributed by atoms with E-state index in [1.54, 1.807) is 6.07 Å². The molecule has 0 radical (unpaired) electrons. The molecule has 200 valence electrons. The van der Waals surface area contributed by atoms with Crippen molar-refractivity contribution in [3.05, 3.63) is 83.0 Å². The first-order valence-electron chi connectivity index (χ1n) is 11.6. The van der Waals surface area contributed by atoms with Crippen LogP contribution in [0.4, 0.5) is 26.3 Å². The minimum Gasteiger partial charge on any atom is -0.494 e. The Hall–Kier alpha value is -3.43. The van der Waals surface area contributed by atoms with Gasteiger partial charge in [-0.1, -0.05) is 24.3 Å². The maximum Gasteiger partial charge on any atom is 0.416 e. The Kier molecular flexibility index (Phi) is 9.29. The quantitative estimate of drug-likeness (QED) is 0.300.